The van der Waals surface area contributed by atoms with E-state index in [1.807, 2.05) is 0 Å². The van der Waals surface area contributed by atoms with Gasteiger partial charge in [0.05, 0.1) is 26.4 Å². The molecule has 0 amide bonds. The van der Waals surface area contributed by atoms with Crippen LogP contribution in [-0.2, 0) is 32.7 Å². The summed E-state index contributed by atoms with van der Waals surface area (Å²) in [7, 11) is -4.63. The monoisotopic (exact) mass is 861 g/mol. The first-order chi connectivity index (χ1) is 28.8. The van der Waals surface area contributed by atoms with E-state index in [9.17, 15) is 29.3 Å². The van der Waals surface area contributed by atoms with Gasteiger partial charge in [0, 0.05) is 12.8 Å². The summed E-state index contributed by atoms with van der Waals surface area (Å²) in [4.78, 5) is 34.6. The molecule has 0 saturated carbocycles. The normalized spacial score (nSPS) is 13.8. The van der Waals surface area contributed by atoms with Crippen molar-refractivity contribution in [3.05, 3.63) is 12.2 Å². The molecular weight excluding hydrogens is 767 g/mol. The van der Waals surface area contributed by atoms with Crippen molar-refractivity contribution in [3.8, 4) is 0 Å². The fourth-order valence-electron chi connectivity index (χ4n) is 7.17. The van der Waals surface area contributed by atoms with Gasteiger partial charge < -0.3 is 24.6 Å². The fourth-order valence-corrected chi connectivity index (χ4v) is 7.95. The summed E-state index contributed by atoms with van der Waals surface area (Å²) in [6.45, 7) is 2.25. The second-order valence-corrected chi connectivity index (χ2v) is 18.3. The average molecular weight is 861 g/mol. The molecule has 0 heterocycles. The van der Waals surface area contributed by atoms with Crippen LogP contribution in [0.1, 0.15) is 245 Å². The molecule has 0 aliphatic carbocycles. The Morgan fingerprint density at radius 1 is 0.441 bits per heavy atom. The van der Waals surface area contributed by atoms with Gasteiger partial charge in [-0.3, -0.25) is 18.6 Å². The molecule has 3 atom stereocenters. The molecule has 0 saturated heterocycles. The lowest BCUT2D eigenvalue weighted by atomic mass is 10.0. The molecule has 0 aliphatic heterocycles. The minimum absolute atomic E-state index is 0.194. The zero-order valence-corrected chi connectivity index (χ0v) is 39.1. The van der Waals surface area contributed by atoms with E-state index in [0.29, 0.717) is 12.8 Å². The molecule has 0 aromatic heterocycles. The Kier molecular flexibility index (Phi) is 43.8. The number of hydrogen-bond acceptors (Lipinski definition) is 9. The lowest BCUT2D eigenvalue weighted by molar-refractivity contribution is -0.153. The number of allylic oxidation sites excluding steroid dienone is 2. The summed E-state index contributed by atoms with van der Waals surface area (Å²) in [5.41, 5.74) is 0. The zero-order valence-electron chi connectivity index (χ0n) is 38.2. The van der Waals surface area contributed by atoms with Crippen molar-refractivity contribution in [1.29, 1.82) is 0 Å². The van der Waals surface area contributed by atoms with Gasteiger partial charge in [-0.25, -0.2) is 4.57 Å². The lowest BCUT2D eigenvalue weighted by Gasteiger charge is -2.20. The van der Waals surface area contributed by atoms with Crippen molar-refractivity contribution < 1.29 is 47.8 Å². The highest BCUT2D eigenvalue weighted by Crippen LogP contribution is 2.43. The maximum Gasteiger partial charge on any atom is 0.472 e. The van der Waals surface area contributed by atoms with Gasteiger partial charge in [0.2, 0.25) is 0 Å². The fraction of sp³-hybridized carbons (Fsp3) is 0.917. The van der Waals surface area contributed by atoms with E-state index in [4.69, 9.17) is 18.5 Å². The summed E-state index contributed by atoms with van der Waals surface area (Å²) < 4.78 is 32.7. The van der Waals surface area contributed by atoms with Crippen LogP contribution >= 0.6 is 7.82 Å². The van der Waals surface area contributed by atoms with Crippen molar-refractivity contribution in [2.24, 2.45) is 0 Å². The molecule has 350 valence electrons. The quantitative estimate of drug-likeness (QED) is 0.0234. The second kappa shape index (κ2) is 44.8. The molecule has 0 radical (unpaired) electrons. The summed E-state index contributed by atoms with van der Waals surface area (Å²) in [5, 5.41) is 19.2. The predicted octanol–water partition coefficient (Wildman–Crippen LogP) is 13.6. The van der Waals surface area contributed by atoms with Crippen LogP contribution in [0.4, 0.5) is 0 Å². The SMILES string of the molecule is CCCCCCCC/C=C\CCCCCCCCCCCC(=O)OC(CO)COP(=O)(O)OCC(CO)OC(=O)CCCCCCCCCCCCCCCCCCC. The number of ether oxygens (including phenoxy) is 2. The third kappa shape index (κ3) is 43.2. The van der Waals surface area contributed by atoms with Crippen LogP contribution in [-0.4, -0.2) is 65.7 Å². The zero-order chi connectivity index (χ0) is 43.3. The molecular formula is C48H93O10P. The van der Waals surface area contributed by atoms with Gasteiger partial charge in [0.25, 0.3) is 0 Å². The van der Waals surface area contributed by atoms with Crippen LogP contribution in [0.5, 0.6) is 0 Å². The van der Waals surface area contributed by atoms with Crippen LogP contribution in [0.3, 0.4) is 0 Å². The maximum absolute atomic E-state index is 12.4. The first-order valence-corrected chi connectivity index (χ1v) is 26.1. The van der Waals surface area contributed by atoms with Gasteiger partial charge >= 0.3 is 19.8 Å². The third-order valence-corrected chi connectivity index (χ3v) is 11.9. The minimum Gasteiger partial charge on any atom is -0.457 e. The molecule has 0 bridgehead atoms. The molecule has 0 aromatic rings. The molecule has 10 nitrogen and oxygen atoms in total. The molecule has 0 spiro atoms. The number of aliphatic hydroxyl groups excluding tert-OH is 2. The smallest absolute Gasteiger partial charge is 0.457 e. The number of unbranched alkanes of at least 4 members (excludes halogenated alkanes) is 31. The molecule has 3 N–H and O–H groups in total. The van der Waals surface area contributed by atoms with Crippen LogP contribution in [0, 0.1) is 0 Å². The molecule has 0 aliphatic rings. The summed E-state index contributed by atoms with van der Waals surface area (Å²) in [6.07, 6.45) is 44.7. The Morgan fingerprint density at radius 2 is 0.695 bits per heavy atom. The van der Waals surface area contributed by atoms with E-state index in [0.717, 1.165) is 38.5 Å². The standard InChI is InChI=1S/C48H93O10P/c1-3-5-7-9-11-13-15-17-19-21-22-24-26-28-30-32-34-36-38-40-48(52)58-46(42-50)44-56-59(53,54)55-43-45(41-49)57-47(51)39-37-35-33-31-29-27-25-23-20-18-16-14-12-10-8-6-4-2/h17,19,45-46,49-50H,3-16,18,20-44H2,1-2H3,(H,53,54)/b19-17-. The number of carbonyl (C=O) groups excluding carboxylic acids is 2. The van der Waals surface area contributed by atoms with Gasteiger partial charge in [-0.2, -0.15) is 0 Å². The summed E-state index contributed by atoms with van der Waals surface area (Å²) >= 11 is 0. The van der Waals surface area contributed by atoms with Gasteiger partial charge in [-0.05, 0) is 38.5 Å². The van der Waals surface area contributed by atoms with Crippen LogP contribution < -0.4 is 0 Å². The third-order valence-electron chi connectivity index (χ3n) is 11.0. The van der Waals surface area contributed by atoms with E-state index < -0.39 is 58.4 Å². The van der Waals surface area contributed by atoms with Gasteiger partial charge in [-0.15, -0.1) is 0 Å². The second-order valence-electron chi connectivity index (χ2n) is 16.8. The van der Waals surface area contributed by atoms with E-state index >= 15 is 0 Å². The van der Waals surface area contributed by atoms with Crippen molar-refractivity contribution in [2.75, 3.05) is 26.4 Å². The Hall–Kier alpha value is -1.29. The number of hydrogen-bond donors (Lipinski definition) is 3. The number of esters is 2. The topological polar surface area (TPSA) is 149 Å². The van der Waals surface area contributed by atoms with Crippen LogP contribution in [0.2, 0.25) is 0 Å². The van der Waals surface area contributed by atoms with Crippen molar-refractivity contribution in [2.45, 2.75) is 257 Å². The van der Waals surface area contributed by atoms with Crippen molar-refractivity contribution in [3.63, 3.8) is 0 Å². The van der Waals surface area contributed by atoms with Crippen LogP contribution in [0.25, 0.3) is 0 Å². The number of carbonyl (C=O) groups is 2. The Morgan fingerprint density at radius 3 is 0.966 bits per heavy atom. The van der Waals surface area contributed by atoms with Gasteiger partial charge in [-0.1, -0.05) is 206 Å². The molecule has 59 heavy (non-hydrogen) atoms. The van der Waals surface area contributed by atoms with Gasteiger partial charge in [0.15, 0.2) is 0 Å². The summed E-state index contributed by atoms with van der Waals surface area (Å²) in [5.74, 6) is -1.01. The Balaban J connectivity index is 3.83. The van der Waals surface area contributed by atoms with Crippen molar-refractivity contribution in [1.82, 2.24) is 0 Å². The predicted molar refractivity (Wildman–Crippen MR) is 242 cm³/mol. The first-order valence-electron chi connectivity index (χ1n) is 24.6. The Labute approximate surface area is 362 Å². The number of rotatable bonds is 47. The highest BCUT2D eigenvalue weighted by molar-refractivity contribution is 7.47. The lowest BCUT2D eigenvalue weighted by Crippen LogP contribution is -2.28. The van der Waals surface area contributed by atoms with E-state index in [-0.39, 0.29) is 12.8 Å². The largest absolute Gasteiger partial charge is 0.472 e. The average Bonchev–Trinajstić information content (AvgIpc) is 3.22. The highest BCUT2D eigenvalue weighted by atomic mass is 31.2. The molecule has 0 fully saturated rings. The number of phosphoric ester groups is 1. The van der Waals surface area contributed by atoms with Crippen molar-refractivity contribution >= 4 is 19.8 Å². The maximum atomic E-state index is 12.4. The number of phosphoric acid groups is 1. The van der Waals surface area contributed by atoms with E-state index in [1.54, 1.807) is 0 Å². The highest BCUT2D eigenvalue weighted by Gasteiger charge is 2.27. The van der Waals surface area contributed by atoms with Crippen LogP contribution in [0.15, 0.2) is 12.2 Å². The molecule has 0 aromatic carbocycles. The minimum atomic E-state index is -4.63. The summed E-state index contributed by atoms with van der Waals surface area (Å²) in [6, 6.07) is 0. The first kappa shape index (κ1) is 57.7. The molecule has 0 rings (SSSR count). The molecule has 3 unspecified atom stereocenters. The van der Waals surface area contributed by atoms with E-state index in [1.165, 1.54) is 167 Å². The van der Waals surface area contributed by atoms with Gasteiger partial charge in [0.1, 0.15) is 12.2 Å². The molecule has 11 heteroatoms. The number of aliphatic hydroxyl groups is 2. The van der Waals surface area contributed by atoms with E-state index in [2.05, 4.69) is 26.0 Å². The Bertz CT molecular complexity index is 993.